The lowest BCUT2D eigenvalue weighted by molar-refractivity contribution is 0.628. The molecule has 1 aliphatic carbocycles. The highest BCUT2D eigenvalue weighted by atomic mass is 35.5. The van der Waals surface area contributed by atoms with Crippen LogP contribution in [0.3, 0.4) is 0 Å². The van der Waals surface area contributed by atoms with E-state index in [2.05, 4.69) is 4.98 Å². The summed E-state index contributed by atoms with van der Waals surface area (Å²) in [6.07, 6.45) is 2.13. The fourth-order valence-corrected chi connectivity index (χ4v) is 2.22. The lowest BCUT2D eigenvalue weighted by Crippen LogP contribution is -2.14. The number of rotatable bonds is 2. The number of nitrogen functional groups attached to an aromatic ring is 2. The number of anilines is 1. The van der Waals surface area contributed by atoms with Gasteiger partial charge in [0.15, 0.2) is 5.82 Å². The van der Waals surface area contributed by atoms with E-state index in [1.54, 1.807) is 6.07 Å². The van der Waals surface area contributed by atoms with Crippen molar-refractivity contribution in [1.82, 2.24) is 9.66 Å². The molecule has 4 N–H and O–H groups in total. The van der Waals surface area contributed by atoms with Gasteiger partial charge < -0.3 is 11.6 Å². The van der Waals surface area contributed by atoms with Gasteiger partial charge in [-0.15, -0.1) is 0 Å². The molecule has 0 spiro atoms. The van der Waals surface area contributed by atoms with E-state index >= 15 is 0 Å². The van der Waals surface area contributed by atoms with Gasteiger partial charge in [-0.05, 0) is 31.0 Å². The minimum absolute atomic E-state index is 0.309. The molecular weight excluding hydrogens is 255 g/mol. The molecule has 4 nitrogen and oxygen atoms in total. The summed E-state index contributed by atoms with van der Waals surface area (Å²) in [6.45, 7) is 0. The highest BCUT2D eigenvalue weighted by Gasteiger charge is 2.30. The van der Waals surface area contributed by atoms with E-state index in [1.165, 1.54) is 16.8 Å². The van der Waals surface area contributed by atoms with Crippen LogP contribution in [-0.4, -0.2) is 9.66 Å². The smallest absolute Gasteiger partial charge is 0.150 e. The molecule has 3 rings (SSSR count). The number of imidazole rings is 1. The highest BCUT2D eigenvalue weighted by Crippen LogP contribution is 2.41. The molecule has 0 unspecified atom stereocenters. The minimum atomic E-state index is -0.420. The Kier molecular flexibility index (Phi) is 2.45. The molecule has 0 bridgehead atoms. The maximum Gasteiger partial charge on any atom is 0.150 e. The Balaban J connectivity index is 2.13. The van der Waals surface area contributed by atoms with Crippen molar-refractivity contribution < 1.29 is 4.39 Å². The monoisotopic (exact) mass is 266 g/mol. The molecule has 2 aromatic rings. The van der Waals surface area contributed by atoms with E-state index in [4.69, 9.17) is 23.2 Å². The van der Waals surface area contributed by atoms with Gasteiger partial charge in [0.1, 0.15) is 17.3 Å². The van der Waals surface area contributed by atoms with Crippen LogP contribution in [0.5, 0.6) is 0 Å². The number of hydrogen-bond acceptors (Lipinski definition) is 3. The van der Waals surface area contributed by atoms with Crippen molar-refractivity contribution in [3.8, 4) is 11.3 Å². The van der Waals surface area contributed by atoms with Crippen LogP contribution in [0, 0.1) is 5.82 Å². The van der Waals surface area contributed by atoms with E-state index in [-0.39, 0.29) is 0 Å². The summed E-state index contributed by atoms with van der Waals surface area (Å²) in [5, 5.41) is 0.309. The third kappa shape index (κ3) is 1.80. The molecule has 0 aliphatic heterocycles. The molecule has 0 saturated heterocycles. The van der Waals surface area contributed by atoms with Gasteiger partial charge in [-0.3, -0.25) is 0 Å². The molecule has 18 heavy (non-hydrogen) atoms. The molecule has 1 heterocycles. The Morgan fingerprint density at radius 2 is 2.06 bits per heavy atom. The molecule has 1 fully saturated rings. The first kappa shape index (κ1) is 11.3. The third-order valence-electron chi connectivity index (χ3n) is 3.05. The highest BCUT2D eigenvalue weighted by molar-refractivity contribution is 6.30. The number of aromatic nitrogens is 2. The van der Waals surface area contributed by atoms with Crippen molar-refractivity contribution >= 4 is 17.4 Å². The summed E-state index contributed by atoms with van der Waals surface area (Å²) < 4.78 is 14.7. The SMILES string of the molecule is Nc1c(-c2cc(F)cc(Cl)c2)nc(C2CC2)n1N. The summed E-state index contributed by atoms with van der Waals surface area (Å²) in [5.74, 6) is 6.90. The summed E-state index contributed by atoms with van der Waals surface area (Å²) in [6, 6.07) is 4.21. The van der Waals surface area contributed by atoms with Crippen LogP contribution in [0.25, 0.3) is 11.3 Å². The van der Waals surface area contributed by atoms with Crippen molar-refractivity contribution in [2.75, 3.05) is 11.6 Å². The average Bonchev–Trinajstić information content (AvgIpc) is 3.07. The molecule has 1 saturated carbocycles. The van der Waals surface area contributed by atoms with E-state index in [1.807, 2.05) is 0 Å². The molecular formula is C12H12ClFN4. The minimum Gasteiger partial charge on any atom is -0.382 e. The van der Waals surface area contributed by atoms with E-state index in [9.17, 15) is 4.39 Å². The third-order valence-corrected chi connectivity index (χ3v) is 3.27. The molecule has 0 amide bonds. The van der Waals surface area contributed by atoms with Crippen molar-refractivity contribution in [3.05, 3.63) is 34.9 Å². The van der Waals surface area contributed by atoms with Gasteiger partial charge in [0.25, 0.3) is 0 Å². The number of nitrogens with two attached hydrogens (primary N) is 2. The van der Waals surface area contributed by atoms with Gasteiger partial charge in [0.05, 0.1) is 0 Å². The topological polar surface area (TPSA) is 69.9 Å². The van der Waals surface area contributed by atoms with Crippen LogP contribution in [0.15, 0.2) is 18.2 Å². The second kappa shape index (κ2) is 3.88. The summed E-state index contributed by atoms with van der Waals surface area (Å²) in [7, 11) is 0. The van der Waals surface area contributed by atoms with Crippen LogP contribution in [0.1, 0.15) is 24.6 Å². The second-order valence-corrected chi connectivity index (χ2v) is 4.94. The summed E-state index contributed by atoms with van der Waals surface area (Å²) in [4.78, 5) is 4.41. The molecule has 1 aromatic heterocycles. The maximum absolute atomic E-state index is 13.3. The first-order valence-electron chi connectivity index (χ1n) is 5.66. The first-order chi connectivity index (χ1) is 8.56. The Morgan fingerprint density at radius 3 is 2.67 bits per heavy atom. The van der Waals surface area contributed by atoms with Gasteiger partial charge in [0.2, 0.25) is 0 Å². The lowest BCUT2D eigenvalue weighted by atomic mass is 10.1. The maximum atomic E-state index is 13.3. The normalized spacial score (nSPS) is 15.0. The number of hydrogen-bond donors (Lipinski definition) is 2. The van der Waals surface area contributed by atoms with Crippen molar-refractivity contribution in [3.63, 3.8) is 0 Å². The van der Waals surface area contributed by atoms with Crippen LogP contribution >= 0.6 is 11.6 Å². The molecule has 1 aromatic carbocycles. The van der Waals surface area contributed by atoms with Gasteiger partial charge in [-0.2, -0.15) is 0 Å². The van der Waals surface area contributed by atoms with Crippen LogP contribution in [-0.2, 0) is 0 Å². The standard InChI is InChI=1S/C12H12ClFN4/c13-8-3-7(4-9(14)5-8)10-11(15)18(16)12(17-10)6-1-2-6/h3-6H,1-2,15-16H2. The van der Waals surface area contributed by atoms with E-state index in [0.29, 0.717) is 28.0 Å². The van der Waals surface area contributed by atoms with Crippen molar-refractivity contribution in [2.45, 2.75) is 18.8 Å². The number of nitrogens with zero attached hydrogens (tertiary/aromatic N) is 2. The van der Waals surface area contributed by atoms with E-state index in [0.717, 1.165) is 18.7 Å². The molecule has 0 atom stereocenters. The summed E-state index contributed by atoms with van der Waals surface area (Å²) in [5.41, 5.74) is 6.94. The predicted molar refractivity (Wildman–Crippen MR) is 69.2 cm³/mol. The van der Waals surface area contributed by atoms with Crippen LogP contribution < -0.4 is 11.6 Å². The second-order valence-electron chi connectivity index (χ2n) is 4.51. The van der Waals surface area contributed by atoms with Crippen LogP contribution in [0.4, 0.5) is 10.2 Å². The first-order valence-corrected chi connectivity index (χ1v) is 6.03. The van der Waals surface area contributed by atoms with Gasteiger partial charge in [-0.25, -0.2) is 14.1 Å². The molecule has 0 radical (unpaired) electrons. The zero-order valence-electron chi connectivity index (χ0n) is 9.53. The molecule has 6 heteroatoms. The summed E-state index contributed by atoms with van der Waals surface area (Å²) >= 11 is 5.83. The lowest BCUT2D eigenvalue weighted by Gasteiger charge is -2.01. The zero-order chi connectivity index (χ0) is 12.9. The Morgan fingerprint density at radius 1 is 1.33 bits per heavy atom. The van der Waals surface area contributed by atoms with Crippen molar-refractivity contribution in [1.29, 1.82) is 0 Å². The van der Waals surface area contributed by atoms with Gasteiger partial charge >= 0.3 is 0 Å². The largest absolute Gasteiger partial charge is 0.382 e. The fraction of sp³-hybridized carbons (Fsp3) is 0.250. The Hall–Kier alpha value is -1.75. The predicted octanol–water partition coefficient (Wildman–Crippen LogP) is 2.52. The quantitative estimate of drug-likeness (QED) is 0.821. The van der Waals surface area contributed by atoms with Crippen molar-refractivity contribution in [2.24, 2.45) is 0 Å². The van der Waals surface area contributed by atoms with Crippen LogP contribution in [0.2, 0.25) is 5.02 Å². The Bertz CT molecular complexity index is 599. The molecule has 1 aliphatic rings. The van der Waals surface area contributed by atoms with Gasteiger partial charge in [-0.1, -0.05) is 11.6 Å². The van der Waals surface area contributed by atoms with E-state index < -0.39 is 5.82 Å². The molecule has 94 valence electrons. The fourth-order valence-electron chi connectivity index (χ4n) is 2.00. The Labute approximate surface area is 108 Å². The van der Waals surface area contributed by atoms with Gasteiger partial charge in [0, 0.05) is 16.5 Å². The average molecular weight is 267 g/mol. The number of halogens is 2. The zero-order valence-corrected chi connectivity index (χ0v) is 10.3. The number of benzene rings is 1.